The molecule has 0 saturated heterocycles. The van der Waals surface area contributed by atoms with E-state index in [1.165, 1.54) is 43.1 Å². The predicted molar refractivity (Wildman–Crippen MR) is 110 cm³/mol. The molecule has 158 valence electrons. The van der Waals surface area contributed by atoms with Crippen LogP contribution in [0.4, 0.5) is 0 Å². The minimum Gasteiger partial charge on any atom is -0.497 e. The summed E-state index contributed by atoms with van der Waals surface area (Å²) in [7, 11) is -1.00. The Balaban J connectivity index is 2.29. The summed E-state index contributed by atoms with van der Waals surface area (Å²) < 4.78 is 37.2. The predicted octanol–water partition coefficient (Wildman–Crippen LogP) is 2.43. The highest BCUT2D eigenvalue weighted by Crippen LogP contribution is 2.36. The summed E-state index contributed by atoms with van der Waals surface area (Å²) in [6.45, 7) is 3.41. The number of hydroxylamine groups is 1. The minimum atomic E-state index is -4.04. The van der Waals surface area contributed by atoms with E-state index in [1.54, 1.807) is 50.7 Å². The van der Waals surface area contributed by atoms with Crippen molar-refractivity contribution in [3.05, 3.63) is 48.5 Å². The van der Waals surface area contributed by atoms with E-state index in [1.807, 2.05) is 0 Å². The molecule has 3 N–H and O–H groups in total. The quantitative estimate of drug-likeness (QED) is 0.312. The second-order valence-corrected chi connectivity index (χ2v) is 10.0. The molecule has 0 aromatic heterocycles. The molecule has 0 aliphatic carbocycles. The van der Waals surface area contributed by atoms with Gasteiger partial charge in [-0.2, -0.15) is 4.72 Å². The van der Waals surface area contributed by atoms with Crippen LogP contribution in [0.25, 0.3) is 0 Å². The SMILES string of the molecule is COc1ccc(SC(C)(C)C(NS(=O)(=O)c2ccc(OC)cc2)C(=O)NO)cc1. The fraction of sp³-hybridized carbons (Fsp3) is 0.316. The van der Waals surface area contributed by atoms with Crippen LogP contribution in [-0.4, -0.2) is 44.5 Å². The molecule has 29 heavy (non-hydrogen) atoms. The summed E-state index contributed by atoms with van der Waals surface area (Å²) in [5.74, 6) is 0.314. The van der Waals surface area contributed by atoms with Crippen LogP contribution in [0.1, 0.15) is 13.8 Å². The lowest BCUT2D eigenvalue weighted by Crippen LogP contribution is -2.55. The molecular weight excluding hydrogens is 416 g/mol. The lowest BCUT2D eigenvalue weighted by Gasteiger charge is -2.32. The maximum atomic E-state index is 12.8. The highest BCUT2D eigenvalue weighted by Gasteiger charge is 2.39. The smallest absolute Gasteiger partial charge is 0.262 e. The number of carbonyl (C=O) groups is 1. The number of rotatable bonds is 9. The molecule has 2 rings (SSSR count). The Hall–Kier alpha value is -2.27. The summed E-state index contributed by atoms with van der Waals surface area (Å²) in [5.41, 5.74) is 1.55. The molecule has 0 fully saturated rings. The van der Waals surface area contributed by atoms with Crippen LogP contribution >= 0.6 is 11.8 Å². The number of sulfonamides is 1. The summed E-state index contributed by atoms with van der Waals surface area (Å²) in [4.78, 5) is 13.1. The molecule has 0 spiro atoms. The minimum absolute atomic E-state index is 0.0284. The average molecular weight is 441 g/mol. The fourth-order valence-electron chi connectivity index (χ4n) is 2.56. The van der Waals surface area contributed by atoms with Crippen molar-refractivity contribution < 1.29 is 27.9 Å². The van der Waals surface area contributed by atoms with E-state index >= 15 is 0 Å². The van der Waals surface area contributed by atoms with E-state index in [9.17, 15) is 13.2 Å². The monoisotopic (exact) mass is 440 g/mol. The van der Waals surface area contributed by atoms with E-state index < -0.39 is 26.7 Å². The third-order valence-corrected chi connectivity index (χ3v) is 6.86. The van der Waals surface area contributed by atoms with Gasteiger partial charge in [0.25, 0.3) is 5.91 Å². The van der Waals surface area contributed by atoms with E-state index in [4.69, 9.17) is 14.7 Å². The molecule has 1 unspecified atom stereocenters. The number of hydrogen-bond donors (Lipinski definition) is 3. The Morgan fingerprint density at radius 2 is 1.48 bits per heavy atom. The summed E-state index contributed by atoms with van der Waals surface area (Å²) in [6, 6.07) is 11.6. The standard InChI is InChI=1S/C19H24N2O6S2/c1-19(2,28-15-9-5-13(26-3)6-10-15)17(18(22)20-23)21-29(24,25)16-11-7-14(27-4)8-12-16/h5-12,17,21,23H,1-4H3,(H,20,22). The molecule has 0 aliphatic heterocycles. The number of carbonyl (C=O) groups excluding carboxylic acids is 1. The van der Waals surface area contributed by atoms with Gasteiger partial charge in [0.15, 0.2) is 0 Å². The Kier molecular flexibility index (Phi) is 7.53. The number of benzene rings is 2. The summed E-state index contributed by atoms with van der Waals surface area (Å²) in [6.07, 6.45) is 0. The normalized spacial score (nSPS) is 12.9. The van der Waals surface area contributed by atoms with Gasteiger partial charge in [0.2, 0.25) is 10.0 Å². The number of methoxy groups -OCH3 is 2. The van der Waals surface area contributed by atoms with Gasteiger partial charge in [-0.25, -0.2) is 13.9 Å². The lowest BCUT2D eigenvalue weighted by atomic mass is 10.0. The van der Waals surface area contributed by atoms with Crippen molar-refractivity contribution in [2.75, 3.05) is 14.2 Å². The Morgan fingerprint density at radius 3 is 1.93 bits per heavy atom. The molecule has 2 aromatic carbocycles. The molecular formula is C19H24N2O6S2. The fourth-order valence-corrected chi connectivity index (χ4v) is 5.14. The van der Waals surface area contributed by atoms with Crippen LogP contribution in [0.5, 0.6) is 11.5 Å². The number of thioether (sulfide) groups is 1. The highest BCUT2D eigenvalue weighted by molar-refractivity contribution is 8.00. The maximum absolute atomic E-state index is 12.8. The summed E-state index contributed by atoms with van der Waals surface area (Å²) in [5, 5.41) is 9.16. The van der Waals surface area contributed by atoms with Crippen LogP contribution in [0.15, 0.2) is 58.3 Å². The molecule has 1 atom stereocenters. The van der Waals surface area contributed by atoms with Crippen molar-refractivity contribution >= 4 is 27.7 Å². The van der Waals surface area contributed by atoms with Gasteiger partial charge < -0.3 is 9.47 Å². The van der Waals surface area contributed by atoms with Crippen molar-refractivity contribution in [2.24, 2.45) is 0 Å². The zero-order valence-corrected chi connectivity index (χ0v) is 18.1. The van der Waals surface area contributed by atoms with Gasteiger partial charge in [0.1, 0.15) is 17.5 Å². The number of hydrogen-bond acceptors (Lipinski definition) is 7. The Bertz CT molecular complexity index is 928. The molecule has 0 heterocycles. The largest absolute Gasteiger partial charge is 0.497 e. The second kappa shape index (κ2) is 9.49. The van der Waals surface area contributed by atoms with Crippen molar-refractivity contribution in [2.45, 2.75) is 34.4 Å². The van der Waals surface area contributed by atoms with Crippen LogP contribution < -0.4 is 19.7 Å². The molecule has 1 amide bonds. The number of ether oxygens (including phenoxy) is 2. The lowest BCUT2D eigenvalue weighted by molar-refractivity contribution is -0.131. The van der Waals surface area contributed by atoms with Gasteiger partial charge in [-0.3, -0.25) is 10.0 Å². The topological polar surface area (TPSA) is 114 Å². The Labute approximate surface area is 174 Å². The van der Waals surface area contributed by atoms with Crippen molar-refractivity contribution in [3.63, 3.8) is 0 Å². The van der Waals surface area contributed by atoms with Crippen molar-refractivity contribution in [1.82, 2.24) is 10.2 Å². The van der Waals surface area contributed by atoms with Crippen molar-refractivity contribution in [3.8, 4) is 11.5 Å². The molecule has 8 nitrogen and oxygen atoms in total. The van der Waals surface area contributed by atoms with Gasteiger partial charge in [-0.05, 0) is 62.4 Å². The first kappa shape index (κ1) is 23.0. The van der Waals surface area contributed by atoms with Gasteiger partial charge in [0.05, 0.1) is 19.1 Å². The molecule has 0 saturated carbocycles. The number of amides is 1. The molecule has 2 aromatic rings. The maximum Gasteiger partial charge on any atom is 0.262 e. The van der Waals surface area contributed by atoms with Gasteiger partial charge in [-0.15, -0.1) is 11.8 Å². The first-order valence-electron chi connectivity index (χ1n) is 8.56. The Morgan fingerprint density at radius 1 is 1.00 bits per heavy atom. The molecule has 0 radical (unpaired) electrons. The van der Waals surface area contributed by atoms with Crippen LogP contribution in [0, 0.1) is 0 Å². The van der Waals surface area contributed by atoms with E-state index in [2.05, 4.69) is 4.72 Å². The van der Waals surface area contributed by atoms with Gasteiger partial charge >= 0.3 is 0 Å². The zero-order valence-electron chi connectivity index (χ0n) is 16.5. The first-order chi connectivity index (χ1) is 13.6. The van der Waals surface area contributed by atoms with Crippen molar-refractivity contribution in [1.29, 1.82) is 0 Å². The van der Waals surface area contributed by atoms with E-state index in [-0.39, 0.29) is 4.90 Å². The molecule has 0 aliphatic rings. The average Bonchev–Trinajstić information content (AvgIpc) is 2.71. The van der Waals surface area contributed by atoms with Gasteiger partial charge in [0, 0.05) is 9.64 Å². The highest BCUT2D eigenvalue weighted by atomic mass is 32.2. The molecule has 0 bridgehead atoms. The second-order valence-electron chi connectivity index (χ2n) is 6.59. The van der Waals surface area contributed by atoms with Crippen LogP contribution in [-0.2, 0) is 14.8 Å². The zero-order chi connectivity index (χ0) is 21.7. The van der Waals surface area contributed by atoms with Crippen LogP contribution in [0.3, 0.4) is 0 Å². The third kappa shape index (κ3) is 5.86. The van der Waals surface area contributed by atoms with E-state index in [0.29, 0.717) is 11.5 Å². The number of nitrogens with one attached hydrogen (secondary N) is 2. The molecule has 10 heteroatoms. The summed E-state index contributed by atoms with van der Waals surface area (Å²) >= 11 is 1.28. The third-order valence-electron chi connectivity index (χ3n) is 4.15. The van der Waals surface area contributed by atoms with E-state index in [0.717, 1.165) is 4.90 Å². The first-order valence-corrected chi connectivity index (χ1v) is 10.9. The van der Waals surface area contributed by atoms with Gasteiger partial charge in [-0.1, -0.05) is 0 Å². The van der Waals surface area contributed by atoms with Crippen LogP contribution in [0.2, 0.25) is 0 Å².